The van der Waals surface area contributed by atoms with Crippen LogP contribution in [0.25, 0.3) is 11.1 Å². The lowest BCUT2D eigenvalue weighted by atomic mass is 10.0. The van der Waals surface area contributed by atoms with E-state index in [-0.39, 0.29) is 11.4 Å². The molecule has 0 aliphatic rings. The van der Waals surface area contributed by atoms with E-state index in [1.54, 1.807) is 6.07 Å². The lowest BCUT2D eigenvalue weighted by Crippen LogP contribution is -2.40. The number of pyridine rings is 1. The van der Waals surface area contributed by atoms with E-state index in [0.717, 1.165) is 6.07 Å². The van der Waals surface area contributed by atoms with Gasteiger partial charge in [0.2, 0.25) is 0 Å². The second kappa shape index (κ2) is 5.60. The summed E-state index contributed by atoms with van der Waals surface area (Å²) in [5, 5.41) is 2.81. The summed E-state index contributed by atoms with van der Waals surface area (Å²) < 4.78 is 26.5. The molecule has 0 aliphatic carbocycles. The molecular formula is C16H16F2N2O. The molecule has 0 aliphatic heterocycles. The molecule has 1 heterocycles. The first-order chi connectivity index (χ1) is 9.74. The summed E-state index contributed by atoms with van der Waals surface area (Å²) in [5.41, 5.74) is 0.783. The van der Waals surface area contributed by atoms with Crippen molar-refractivity contribution in [3.63, 3.8) is 0 Å². The van der Waals surface area contributed by atoms with Crippen molar-refractivity contribution in [1.82, 2.24) is 10.3 Å². The first kappa shape index (κ1) is 15.1. The van der Waals surface area contributed by atoms with Crippen LogP contribution < -0.4 is 5.32 Å². The maximum Gasteiger partial charge on any atom is 0.253 e. The zero-order valence-electron chi connectivity index (χ0n) is 12.1. The number of halogens is 2. The highest BCUT2D eigenvalue weighted by Gasteiger charge is 2.16. The molecule has 0 unspecified atom stereocenters. The van der Waals surface area contributed by atoms with Crippen molar-refractivity contribution < 1.29 is 13.6 Å². The van der Waals surface area contributed by atoms with Gasteiger partial charge in [-0.25, -0.2) is 8.78 Å². The number of carbonyl (C=O) groups is 1. The molecule has 2 aromatic rings. The number of aromatic nitrogens is 1. The van der Waals surface area contributed by atoms with Crippen molar-refractivity contribution in [3.8, 4) is 11.1 Å². The van der Waals surface area contributed by atoms with Gasteiger partial charge in [-0.3, -0.25) is 9.78 Å². The number of hydrogen-bond acceptors (Lipinski definition) is 2. The molecule has 0 radical (unpaired) electrons. The van der Waals surface area contributed by atoms with Crippen molar-refractivity contribution in [2.45, 2.75) is 26.3 Å². The molecule has 1 aromatic carbocycles. The lowest BCUT2D eigenvalue weighted by Gasteiger charge is -2.20. The standard InChI is InChI=1S/C16H16F2N2O/c1-16(2,3)20-15(21)12-4-11(8-19-9-12)10-5-13(17)7-14(18)6-10/h4-9H,1-3H3,(H,20,21). The third kappa shape index (κ3) is 4.08. The molecule has 0 spiro atoms. The average molecular weight is 290 g/mol. The average Bonchev–Trinajstić information content (AvgIpc) is 2.36. The van der Waals surface area contributed by atoms with E-state index in [1.165, 1.54) is 24.5 Å². The minimum atomic E-state index is -0.672. The van der Waals surface area contributed by atoms with Gasteiger partial charge >= 0.3 is 0 Å². The van der Waals surface area contributed by atoms with Gasteiger partial charge in [0.05, 0.1) is 5.56 Å². The van der Waals surface area contributed by atoms with Gasteiger partial charge in [0.25, 0.3) is 5.91 Å². The predicted molar refractivity (Wildman–Crippen MR) is 76.8 cm³/mol. The highest BCUT2D eigenvalue weighted by molar-refractivity contribution is 5.95. The van der Waals surface area contributed by atoms with Gasteiger partial charge in [0, 0.05) is 29.6 Å². The van der Waals surface area contributed by atoms with Gasteiger partial charge in [0.15, 0.2) is 0 Å². The number of rotatable bonds is 2. The maximum atomic E-state index is 13.3. The van der Waals surface area contributed by atoms with Gasteiger partial charge in [-0.1, -0.05) is 0 Å². The number of benzene rings is 1. The summed E-state index contributed by atoms with van der Waals surface area (Å²) in [6.45, 7) is 5.60. The summed E-state index contributed by atoms with van der Waals surface area (Å²) in [6, 6.07) is 4.76. The Morgan fingerprint density at radius 1 is 1.00 bits per heavy atom. The number of carbonyl (C=O) groups excluding carboxylic acids is 1. The Kier molecular flexibility index (Phi) is 4.02. The van der Waals surface area contributed by atoms with E-state index in [1.807, 2.05) is 20.8 Å². The quantitative estimate of drug-likeness (QED) is 0.919. The lowest BCUT2D eigenvalue weighted by molar-refractivity contribution is 0.0919. The molecule has 1 N–H and O–H groups in total. The minimum absolute atomic E-state index is 0.284. The molecule has 0 fully saturated rings. The second-order valence-electron chi connectivity index (χ2n) is 5.82. The maximum absolute atomic E-state index is 13.3. The first-order valence-electron chi connectivity index (χ1n) is 6.49. The fourth-order valence-corrected chi connectivity index (χ4v) is 1.86. The van der Waals surface area contributed by atoms with Crippen LogP contribution in [0, 0.1) is 11.6 Å². The fourth-order valence-electron chi connectivity index (χ4n) is 1.86. The van der Waals surface area contributed by atoms with Crippen LogP contribution in [0.4, 0.5) is 8.78 Å². The second-order valence-corrected chi connectivity index (χ2v) is 5.82. The van der Waals surface area contributed by atoms with E-state index in [9.17, 15) is 13.6 Å². The van der Waals surface area contributed by atoms with E-state index in [4.69, 9.17) is 0 Å². The minimum Gasteiger partial charge on any atom is -0.347 e. The summed E-state index contributed by atoms with van der Waals surface area (Å²) in [6.07, 6.45) is 2.88. The van der Waals surface area contributed by atoms with Crippen LogP contribution in [-0.2, 0) is 0 Å². The van der Waals surface area contributed by atoms with Crippen molar-refractivity contribution >= 4 is 5.91 Å². The topological polar surface area (TPSA) is 42.0 Å². The van der Waals surface area contributed by atoms with Crippen LogP contribution in [0.3, 0.4) is 0 Å². The molecule has 0 bridgehead atoms. The van der Waals surface area contributed by atoms with Crippen molar-refractivity contribution in [2.75, 3.05) is 0 Å². The van der Waals surface area contributed by atoms with Gasteiger partial charge < -0.3 is 5.32 Å². The smallest absolute Gasteiger partial charge is 0.253 e. The SMILES string of the molecule is CC(C)(C)NC(=O)c1cncc(-c2cc(F)cc(F)c2)c1. The van der Waals surface area contributed by atoms with Gasteiger partial charge in [0.1, 0.15) is 11.6 Å². The Hall–Kier alpha value is -2.30. The molecule has 0 saturated carbocycles. The molecule has 110 valence electrons. The molecule has 1 aromatic heterocycles. The Labute approximate surface area is 122 Å². The third-order valence-electron chi connectivity index (χ3n) is 2.68. The van der Waals surface area contributed by atoms with Crippen molar-refractivity contribution in [1.29, 1.82) is 0 Å². The zero-order chi connectivity index (χ0) is 15.6. The zero-order valence-corrected chi connectivity index (χ0v) is 12.1. The molecule has 3 nitrogen and oxygen atoms in total. The molecule has 0 atom stereocenters. The summed E-state index contributed by atoms with van der Waals surface area (Å²) in [4.78, 5) is 16.0. The number of hydrogen-bond donors (Lipinski definition) is 1. The number of nitrogens with zero attached hydrogens (tertiary/aromatic N) is 1. The van der Waals surface area contributed by atoms with Crippen LogP contribution in [0.2, 0.25) is 0 Å². The Morgan fingerprint density at radius 3 is 2.19 bits per heavy atom. The Morgan fingerprint density at radius 2 is 1.62 bits per heavy atom. The highest BCUT2D eigenvalue weighted by atomic mass is 19.1. The predicted octanol–water partition coefficient (Wildman–Crippen LogP) is 3.56. The van der Waals surface area contributed by atoms with Crippen LogP contribution in [-0.4, -0.2) is 16.4 Å². The van der Waals surface area contributed by atoms with Crippen LogP contribution >= 0.6 is 0 Å². The first-order valence-corrected chi connectivity index (χ1v) is 6.49. The van der Waals surface area contributed by atoms with E-state index in [2.05, 4.69) is 10.3 Å². The number of nitrogens with one attached hydrogen (secondary N) is 1. The van der Waals surface area contributed by atoms with Crippen LogP contribution in [0.15, 0.2) is 36.7 Å². The third-order valence-corrected chi connectivity index (χ3v) is 2.68. The fraction of sp³-hybridized carbons (Fsp3) is 0.250. The molecular weight excluding hydrogens is 274 g/mol. The highest BCUT2D eigenvalue weighted by Crippen LogP contribution is 2.22. The van der Waals surface area contributed by atoms with E-state index in [0.29, 0.717) is 16.7 Å². The number of amides is 1. The van der Waals surface area contributed by atoms with Crippen LogP contribution in [0.1, 0.15) is 31.1 Å². The molecule has 1 amide bonds. The molecule has 21 heavy (non-hydrogen) atoms. The summed E-state index contributed by atoms with van der Waals surface area (Å²) in [7, 11) is 0. The molecule has 2 rings (SSSR count). The summed E-state index contributed by atoms with van der Waals surface area (Å²) in [5.74, 6) is -1.63. The molecule has 0 saturated heterocycles. The van der Waals surface area contributed by atoms with E-state index >= 15 is 0 Å². The monoisotopic (exact) mass is 290 g/mol. The molecule has 5 heteroatoms. The Balaban J connectivity index is 2.35. The van der Waals surface area contributed by atoms with Gasteiger partial charge in [-0.05, 0) is 44.5 Å². The summed E-state index contributed by atoms with van der Waals surface area (Å²) >= 11 is 0. The Bertz CT molecular complexity index is 658. The van der Waals surface area contributed by atoms with Crippen molar-refractivity contribution in [3.05, 3.63) is 53.9 Å². The van der Waals surface area contributed by atoms with Gasteiger partial charge in [-0.15, -0.1) is 0 Å². The van der Waals surface area contributed by atoms with Crippen molar-refractivity contribution in [2.24, 2.45) is 0 Å². The van der Waals surface area contributed by atoms with Gasteiger partial charge in [-0.2, -0.15) is 0 Å². The normalized spacial score (nSPS) is 11.3. The van der Waals surface area contributed by atoms with Crippen LogP contribution in [0.5, 0.6) is 0 Å². The largest absolute Gasteiger partial charge is 0.347 e. The van der Waals surface area contributed by atoms with E-state index < -0.39 is 11.6 Å².